The molecule has 0 aliphatic heterocycles. The quantitative estimate of drug-likeness (QED) is 0.452. The minimum absolute atomic E-state index is 0. The molecule has 0 radical (unpaired) electrons. The maximum Gasteiger partial charge on any atom is 0.343 e. The van der Waals surface area contributed by atoms with E-state index in [0.717, 1.165) is 10.2 Å². The number of nitrogens with zero attached hydrogens (tertiary/aromatic N) is 1. The number of hydrogen-bond donors (Lipinski definition) is 0. The van der Waals surface area contributed by atoms with Crippen molar-refractivity contribution < 1.29 is 26.5 Å². The molecule has 0 aliphatic carbocycles. The van der Waals surface area contributed by atoms with Crippen molar-refractivity contribution in [2.24, 2.45) is 0 Å². The van der Waals surface area contributed by atoms with E-state index in [1.807, 2.05) is 42.5 Å². The molecule has 0 unspecified atom stereocenters. The van der Waals surface area contributed by atoms with Gasteiger partial charge in [0.05, 0.1) is 26.7 Å². The molecule has 0 heterocycles. The number of quaternary nitrogens is 1. The molecule has 0 N–H and O–H groups in total. The highest BCUT2D eigenvalue weighted by molar-refractivity contribution is 5.90. The SMILES string of the molecule is C[N+](C)(C)c1ccc(OC(=O)c2ccccc2)cc1.[Br-]. The Morgan fingerprint density at radius 2 is 1.45 bits per heavy atom. The summed E-state index contributed by atoms with van der Waals surface area (Å²) in [5.41, 5.74) is 1.71. The summed E-state index contributed by atoms with van der Waals surface area (Å²) in [6, 6.07) is 16.5. The molecule has 2 aromatic carbocycles. The molecule has 0 aromatic heterocycles. The molecular formula is C16H18BrNO2. The largest absolute Gasteiger partial charge is 1.00 e. The van der Waals surface area contributed by atoms with E-state index in [1.54, 1.807) is 12.1 Å². The van der Waals surface area contributed by atoms with Gasteiger partial charge >= 0.3 is 5.97 Å². The molecule has 106 valence electrons. The number of carbonyl (C=O) groups is 1. The van der Waals surface area contributed by atoms with E-state index in [0.29, 0.717) is 11.3 Å². The van der Waals surface area contributed by atoms with Gasteiger partial charge in [0.1, 0.15) is 11.4 Å². The van der Waals surface area contributed by atoms with Gasteiger partial charge in [0, 0.05) is 12.1 Å². The fraction of sp³-hybridized carbons (Fsp3) is 0.188. The maximum absolute atomic E-state index is 11.9. The maximum atomic E-state index is 11.9. The second-order valence-electron chi connectivity index (χ2n) is 5.26. The molecule has 0 atom stereocenters. The average Bonchev–Trinajstić information content (AvgIpc) is 2.39. The molecular weight excluding hydrogens is 318 g/mol. The van der Waals surface area contributed by atoms with Crippen LogP contribution in [-0.4, -0.2) is 27.1 Å². The first kappa shape index (κ1) is 16.4. The standard InChI is InChI=1S/C16H18NO2.BrH/c1-17(2,3)14-9-11-15(12-10-14)19-16(18)13-7-5-4-6-8-13;/h4-12H,1-3H3;1H/q+1;/p-1. The van der Waals surface area contributed by atoms with Gasteiger partial charge in [0.15, 0.2) is 0 Å². The number of benzene rings is 2. The molecule has 3 nitrogen and oxygen atoms in total. The Morgan fingerprint density at radius 3 is 1.95 bits per heavy atom. The predicted octanol–water partition coefficient (Wildman–Crippen LogP) is 0.107. The van der Waals surface area contributed by atoms with Gasteiger partial charge in [-0.2, -0.15) is 0 Å². The lowest BCUT2D eigenvalue weighted by Crippen LogP contribution is -3.00. The Kier molecular flexibility index (Phi) is 5.48. The van der Waals surface area contributed by atoms with Crippen molar-refractivity contribution in [3.05, 3.63) is 60.2 Å². The molecule has 0 fully saturated rings. The lowest BCUT2D eigenvalue weighted by atomic mass is 10.2. The van der Waals surface area contributed by atoms with Crippen LogP contribution in [0.3, 0.4) is 0 Å². The molecule has 0 aliphatic rings. The van der Waals surface area contributed by atoms with Gasteiger partial charge in [0.2, 0.25) is 0 Å². The highest BCUT2D eigenvalue weighted by atomic mass is 79.9. The summed E-state index contributed by atoms with van der Waals surface area (Å²) in [4.78, 5) is 11.9. The molecule has 0 saturated carbocycles. The van der Waals surface area contributed by atoms with E-state index >= 15 is 0 Å². The molecule has 2 rings (SSSR count). The highest BCUT2D eigenvalue weighted by Gasteiger charge is 2.13. The van der Waals surface area contributed by atoms with E-state index in [-0.39, 0.29) is 23.0 Å². The monoisotopic (exact) mass is 335 g/mol. The van der Waals surface area contributed by atoms with Crippen molar-refractivity contribution in [2.75, 3.05) is 21.1 Å². The van der Waals surface area contributed by atoms with Crippen LogP contribution >= 0.6 is 0 Å². The second-order valence-corrected chi connectivity index (χ2v) is 5.26. The molecule has 2 aromatic rings. The topological polar surface area (TPSA) is 26.3 Å². The number of ether oxygens (including phenoxy) is 1. The van der Waals surface area contributed by atoms with Crippen molar-refractivity contribution in [3.63, 3.8) is 0 Å². The number of hydrogen-bond acceptors (Lipinski definition) is 2. The van der Waals surface area contributed by atoms with Crippen LogP contribution in [0.1, 0.15) is 10.4 Å². The molecule has 20 heavy (non-hydrogen) atoms. The smallest absolute Gasteiger partial charge is 0.343 e. The molecule has 0 saturated heterocycles. The Hall–Kier alpha value is -1.65. The summed E-state index contributed by atoms with van der Waals surface area (Å²) in [5.74, 6) is 0.227. The van der Waals surface area contributed by atoms with Crippen molar-refractivity contribution in [1.82, 2.24) is 4.48 Å². The Bertz CT molecular complexity index is 559. The molecule has 4 heteroatoms. The summed E-state index contributed by atoms with van der Waals surface area (Å²) in [7, 11) is 6.26. The summed E-state index contributed by atoms with van der Waals surface area (Å²) >= 11 is 0. The fourth-order valence-electron chi connectivity index (χ4n) is 1.70. The van der Waals surface area contributed by atoms with E-state index < -0.39 is 0 Å². The van der Waals surface area contributed by atoms with Crippen molar-refractivity contribution in [3.8, 4) is 5.75 Å². The van der Waals surface area contributed by atoms with Crippen LogP contribution in [0.2, 0.25) is 0 Å². The molecule has 0 bridgehead atoms. The highest BCUT2D eigenvalue weighted by Crippen LogP contribution is 2.21. The van der Waals surface area contributed by atoms with Crippen LogP contribution in [0, 0.1) is 0 Å². The number of halogens is 1. The Balaban J connectivity index is 0.00000200. The lowest BCUT2D eigenvalue weighted by Gasteiger charge is -2.23. The van der Waals surface area contributed by atoms with Gasteiger partial charge < -0.3 is 21.7 Å². The molecule has 0 spiro atoms. The summed E-state index contributed by atoms with van der Waals surface area (Å²) in [6.45, 7) is 0. The van der Waals surface area contributed by atoms with E-state index in [1.165, 1.54) is 0 Å². The van der Waals surface area contributed by atoms with Crippen LogP contribution in [0.15, 0.2) is 54.6 Å². The van der Waals surface area contributed by atoms with Crippen LogP contribution in [0.4, 0.5) is 5.69 Å². The van der Waals surface area contributed by atoms with Crippen molar-refractivity contribution in [1.29, 1.82) is 0 Å². The molecule has 0 amide bonds. The van der Waals surface area contributed by atoms with E-state index in [9.17, 15) is 4.79 Å². The zero-order chi connectivity index (χ0) is 13.9. The Labute approximate surface area is 130 Å². The first-order chi connectivity index (χ1) is 8.97. The summed E-state index contributed by atoms with van der Waals surface area (Å²) < 4.78 is 6.05. The van der Waals surface area contributed by atoms with Gasteiger partial charge in [-0.15, -0.1) is 0 Å². The first-order valence-corrected chi connectivity index (χ1v) is 6.16. The number of carbonyl (C=O) groups excluding carboxylic acids is 1. The van der Waals surface area contributed by atoms with Gasteiger partial charge in [-0.3, -0.25) is 4.48 Å². The minimum atomic E-state index is -0.335. The predicted molar refractivity (Wildman–Crippen MR) is 77.4 cm³/mol. The van der Waals surface area contributed by atoms with Crippen molar-refractivity contribution in [2.45, 2.75) is 0 Å². The van der Waals surface area contributed by atoms with Crippen molar-refractivity contribution >= 4 is 11.7 Å². The van der Waals surface area contributed by atoms with Crippen LogP contribution < -0.4 is 26.2 Å². The van der Waals surface area contributed by atoms with Gasteiger partial charge in [-0.05, 0) is 24.3 Å². The second kappa shape index (κ2) is 6.68. The Morgan fingerprint density at radius 1 is 0.900 bits per heavy atom. The third kappa shape index (κ3) is 4.18. The zero-order valence-electron chi connectivity index (χ0n) is 11.8. The van der Waals surface area contributed by atoms with Crippen LogP contribution in [-0.2, 0) is 0 Å². The lowest BCUT2D eigenvalue weighted by molar-refractivity contribution is -0.0000171. The summed E-state index contributed by atoms with van der Waals surface area (Å²) in [5, 5.41) is 0. The van der Waals surface area contributed by atoms with Gasteiger partial charge in [-0.25, -0.2) is 4.79 Å². The summed E-state index contributed by atoms with van der Waals surface area (Å²) in [6.07, 6.45) is 0. The van der Waals surface area contributed by atoms with E-state index in [4.69, 9.17) is 4.74 Å². The van der Waals surface area contributed by atoms with E-state index in [2.05, 4.69) is 21.1 Å². The zero-order valence-corrected chi connectivity index (χ0v) is 13.4. The third-order valence-corrected chi connectivity index (χ3v) is 2.83. The van der Waals surface area contributed by atoms with Crippen LogP contribution in [0.5, 0.6) is 5.75 Å². The normalized spacial score (nSPS) is 10.6. The first-order valence-electron chi connectivity index (χ1n) is 6.16. The van der Waals surface area contributed by atoms with Crippen LogP contribution in [0.25, 0.3) is 0 Å². The number of rotatable bonds is 3. The fourth-order valence-corrected chi connectivity index (χ4v) is 1.70. The number of esters is 1. The van der Waals surface area contributed by atoms with Gasteiger partial charge in [0.25, 0.3) is 0 Å². The van der Waals surface area contributed by atoms with Gasteiger partial charge in [-0.1, -0.05) is 18.2 Å². The minimum Gasteiger partial charge on any atom is -1.00 e. The third-order valence-electron chi connectivity index (χ3n) is 2.83. The average molecular weight is 336 g/mol.